The van der Waals surface area contributed by atoms with E-state index >= 15 is 0 Å². The van der Waals surface area contributed by atoms with Gasteiger partial charge < -0.3 is 14.8 Å². The number of aryl methyl sites for hydroxylation is 1. The van der Waals surface area contributed by atoms with Gasteiger partial charge in [0.25, 0.3) is 0 Å². The van der Waals surface area contributed by atoms with Gasteiger partial charge in [-0.15, -0.1) is 0 Å². The molecule has 0 bridgehead atoms. The van der Waals surface area contributed by atoms with Gasteiger partial charge in [-0.05, 0) is 36.1 Å². The lowest BCUT2D eigenvalue weighted by Crippen LogP contribution is -2.33. The molecule has 0 aliphatic carbocycles. The van der Waals surface area contributed by atoms with Crippen LogP contribution in [0.4, 0.5) is 0 Å². The van der Waals surface area contributed by atoms with Crippen LogP contribution >= 0.6 is 0 Å². The van der Waals surface area contributed by atoms with E-state index in [1.807, 2.05) is 24.3 Å². The van der Waals surface area contributed by atoms with Gasteiger partial charge in [-0.3, -0.25) is 0 Å². The summed E-state index contributed by atoms with van der Waals surface area (Å²) >= 11 is 0. The van der Waals surface area contributed by atoms with Crippen molar-refractivity contribution in [2.75, 3.05) is 0 Å². The van der Waals surface area contributed by atoms with Gasteiger partial charge in [-0.25, -0.2) is 0 Å². The highest BCUT2D eigenvalue weighted by atomic mass is 16.3. The molecule has 3 nitrogen and oxygen atoms in total. The van der Waals surface area contributed by atoms with E-state index in [4.69, 9.17) is 4.42 Å². The van der Waals surface area contributed by atoms with Gasteiger partial charge in [0.15, 0.2) is 0 Å². The maximum atomic E-state index is 10.5. The third-order valence-corrected chi connectivity index (χ3v) is 3.67. The first-order valence-electron chi connectivity index (χ1n) is 7.27. The van der Waals surface area contributed by atoms with Crippen LogP contribution in [0, 0.1) is 0 Å². The van der Waals surface area contributed by atoms with Gasteiger partial charge in [-0.1, -0.05) is 38.1 Å². The first-order chi connectivity index (χ1) is 9.74. The quantitative estimate of drug-likeness (QED) is 0.812. The molecule has 1 heterocycles. The van der Waals surface area contributed by atoms with Gasteiger partial charge in [0.2, 0.25) is 0 Å². The lowest BCUT2D eigenvalue weighted by Gasteiger charge is -2.23. The minimum atomic E-state index is -0.499. The number of aliphatic hydroxyl groups excluding tert-OH is 1. The zero-order valence-corrected chi connectivity index (χ0v) is 12.2. The molecule has 1 aromatic heterocycles. The van der Waals surface area contributed by atoms with Crippen LogP contribution < -0.4 is 5.32 Å². The SMILES string of the molecule is CCc1ccc(C(O)C(CC)NCc2ccco2)cc1. The van der Waals surface area contributed by atoms with Crippen molar-refractivity contribution in [2.24, 2.45) is 0 Å². The molecule has 0 spiro atoms. The topological polar surface area (TPSA) is 45.4 Å². The van der Waals surface area contributed by atoms with E-state index < -0.39 is 6.10 Å². The molecule has 0 saturated heterocycles. The maximum Gasteiger partial charge on any atom is 0.117 e. The Morgan fingerprint density at radius 1 is 1.15 bits per heavy atom. The normalized spacial score (nSPS) is 14.2. The minimum absolute atomic E-state index is 0.0209. The Labute approximate surface area is 120 Å². The van der Waals surface area contributed by atoms with Crippen molar-refractivity contribution >= 4 is 0 Å². The molecule has 0 amide bonds. The molecule has 0 aliphatic rings. The van der Waals surface area contributed by atoms with Gasteiger partial charge in [0.05, 0.1) is 18.9 Å². The van der Waals surface area contributed by atoms with Gasteiger partial charge >= 0.3 is 0 Å². The summed E-state index contributed by atoms with van der Waals surface area (Å²) in [4.78, 5) is 0. The fourth-order valence-corrected chi connectivity index (χ4v) is 2.31. The molecule has 2 rings (SSSR count). The molecule has 3 heteroatoms. The van der Waals surface area contributed by atoms with E-state index in [1.54, 1.807) is 6.26 Å². The molecule has 1 aromatic carbocycles. The van der Waals surface area contributed by atoms with Crippen LogP contribution in [-0.2, 0) is 13.0 Å². The highest BCUT2D eigenvalue weighted by Gasteiger charge is 2.18. The van der Waals surface area contributed by atoms with E-state index in [0.717, 1.165) is 24.2 Å². The molecule has 2 N–H and O–H groups in total. The smallest absolute Gasteiger partial charge is 0.117 e. The molecular weight excluding hydrogens is 250 g/mol. The van der Waals surface area contributed by atoms with E-state index in [0.29, 0.717) is 6.54 Å². The Morgan fingerprint density at radius 2 is 1.90 bits per heavy atom. The van der Waals surface area contributed by atoms with Crippen LogP contribution in [0.5, 0.6) is 0 Å². The number of nitrogens with one attached hydrogen (secondary N) is 1. The zero-order chi connectivity index (χ0) is 14.4. The first-order valence-corrected chi connectivity index (χ1v) is 7.27. The molecule has 0 radical (unpaired) electrons. The van der Waals surface area contributed by atoms with Crippen molar-refractivity contribution < 1.29 is 9.52 Å². The van der Waals surface area contributed by atoms with Crippen LogP contribution in [0.25, 0.3) is 0 Å². The molecule has 20 heavy (non-hydrogen) atoms. The predicted octanol–water partition coefficient (Wildman–Crippen LogP) is 3.44. The summed E-state index contributed by atoms with van der Waals surface area (Å²) in [7, 11) is 0. The molecule has 108 valence electrons. The molecule has 2 unspecified atom stereocenters. The highest BCUT2D eigenvalue weighted by Crippen LogP contribution is 2.20. The summed E-state index contributed by atoms with van der Waals surface area (Å²) in [6.45, 7) is 4.84. The molecule has 0 fully saturated rings. The molecule has 2 aromatic rings. The molecule has 0 saturated carbocycles. The number of hydrogen-bond acceptors (Lipinski definition) is 3. The average Bonchev–Trinajstić information content (AvgIpc) is 3.01. The van der Waals surface area contributed by atoms with Crippen LogP contribution in [0.3, 0.4) is 0 Å². The second kappa shape index (κ2) is 7.27. The van der Waals surface area contributed by atoms with E-state index in [1.165, 1.54) is 5.56 Å². The number of benzene rings is 1. The Balaban J connectivity index is 1.98. The van der Waals surface area contributed by atoms with Gasteiger partial charge in [-0.2, -0.15) is 0 Å². The zero-order valence-electron chi connectivity index (χ0n) is 12.2. The summed E-state index contributed by atoms with van der Waals surface area (Å²) in [5, 5.41) is 13.8. The fraction of sp³-hybridized carbons (Fsp3) is 0.412. The third kappa shape index (κ3) is 3.71. The van der Waals surface area contributed by atoms with Crippen molar-refractivity contribution in [2.45, 2.75) is 45.4 Å². The van der Waals surface area contributed by atoms with Gasteiger partial charge in [0.1, 0.15) is 5.76 Å². The van der Waals surface area contributed by atoms with Crippen LogP contribution in [0.1, 0.15) is 43.3 Å². The Kier molecular flexibility index (Phi) is 5.39. The van der Waals surface area contributed by atoms with Crippen molar-refractivity contribution in [1.29, 1.82) is 0 Å². The monoisotopic (exact) mass is 273 g/mol. The number of rotatable bonds is 7. The summed E-state index contributed by atoms with van der Waals surface area (Å²) in [6.07, 6.45) is 3.04. The fourth-order valence-electron chi connectivity index (χ4n) is 2.31. The van der Waals surface area contributed by atoms with E-state index in [9.17, 15) is 5.11 Å². The third-order valence-electron chi connectivity index (χ3n) is 3.67. The van der Waals surface area contributed by atoms with Crippen molar-refractivity contribution in [3.63, 3.8) is 0 Å². The summed E-state index contributed by atoms with van der Waals surface area (Å²) in [6, 6.07) is 12.0. The standard InChI is InChI=1S/C17H23NO2/c1-3-13-7-9-14(10-8-13)17(19)16(4-2)18-12-15-6-5-11-20-15/h5-11,16-19H,3-4,12H2,1-2H3. The lowest BCUT2D eigenvalue weighted by atomic mass is 9.98. The highest BCUT2D eigenvalue weighted by molar-refractivity contribution is 5.25. The second-order valence-corrected chi connectivity index (χ2v) is 5.01. The first kappa shape index (κ1) is 14.8. The second-order valence-electron chi connectivity index (χ2n) is 5.01. The largest absolute Gasteiger partial charge is 0.468 e. The Bertz CT molecular complexity index is 490. The van der Waals surface area contributed by atoms with Gasteiger partial charge in [0, 0.05) is 6.04 Å². The number of furan rings is 1. The maximum absolute atomic E-state index is 10.5. The van der Waals surface area contributed by atoms with Crippen molar-refractivity contribution in [3.8, 4) is 0 Å². The molecular formula is C17H23NO2. The predicted molar refractivity (Wildman–Crippen MR) is 80.4 cm³/mol. The number of hydrogen-bond donors (Lipinski definition) is 2. The Hall–Kier alpha value is -1.58. The van der Waals surface area contributed by atoms with E-state index in [2.05, 4.69) is 31.3 Å². The van der Waals surface area contributed by atoms with Crippen LogP contribution in [0.2, 0.25) is 0 Å². The van der Waals surface area contributed by atoms with Crippen LogP contribution in [-0.4, -0.2) is 11.1 Å². The lowest BCUT2D eigenvalue weighted by molar-refractivity contribution is 0.124. The summed E-state index contributed by atoms with van der Waals surface area (Å²) in [5.41, 5.74) is 2.25. The van der Waals surface area contributed by atoms with Crippen molar-refractivity contribution in [1.82, 2.24) is 5.32 Å². The Morgan fingerprint density at radius 3 is 2.45 bits per heavy atom. The minimum Gasteiger partial charge on any atom is -0.468 e. The summed E-state index contributed by atoms with van der Waals surface area (Å²) < 4.78 is 5.30. The molecule has 0 aliphatic heterocycles. The molecule has 2 atom stereocenters. The van der Waals surface area contributed by atoms with Crippen molar-refractivity contribution in [3.05, 3.63) is 59.5 Å². The van der Waals surface area contributed by atoms with E-state index in [-0.39, 0.29) is 6.04 Å². The average molecular weight is 273 g/mol. The van der Waals surface area contributed by atoms with Crippen LogP contribution in [0.15, 0.2) is 47.1 Å². The summed E-state index contributed by atoms with van der Waals surface area (Å²) in [5.74, 6) is 0.886. The number of aliphatic hydroxyl groups is 1.